The molecule has 1 heterocycles. The van der Waals surface area contributed by atoms with Gasteiger partial charge in [-0.1, -0.05) is 57.2 Å². The molecule has 0 atom stereocenters. The fourth-order valence-corrected chi connectivity index (χ4v) is 5.03. The van der Waals surface area contributed by atoms with Crippen LogP contribution < -0.4 is 10.9 Å². The maximum atomic E-state index is 13.9. The lowest BCUT2D eigenvalue weighted by molar-refractivity contribution is 0.0524. The first-order valence-electron chi connectivity index (χ1n) is 12.6. The number of carbonyl (C=O) groups excluding carboxylic acids is 2. The van der Waals surface area contributed by atoms with E-state index in [2.05, 4.69) is 38.2 Å². The minimum atomic E-state index is -0.692. The number of aryl methyl sites for hydroxylation is 1. The monoisotopic (exact) mass is 494 g/mol. The summed E-state index contributed by atoms with van der Waals surface area (Å²) in [6.07, 6.45) is 1.02. The van der Waals surface area contributed by atoms with Crippen molar-refractivity contribution in [2.45, 2.75) is 39.5 Å². The van der Waals surface area contributed by atoms with E-state index in [4.69, 9.17) is 4.74 Å². The number of hydrogen-bond donors (Lipinski definition) is 1. The van der Waals surface area contributed by atoms with Gasteiger partial charge in [0.05, 0.1) is 23.4 Å². The molecule has 4 aromatic rings. The van der Waals surface area contributed by atoms with E-state index in [1.54, 1.807) is 38.2 Å². The zero-order valence-corrected chi connectivity index (χ0v) is 21.8. The first kappa shape index (κ1) is 24.5. The summed E-state index contributed by atoms with van der Waals surface area (Å²) in [6.45, 7) is 8.44. The standard InChI is InChI=1S/C31H30N2O4/c1-6-31(3,4)18-12-14-19(15-13-18)32-22-16-17-23-26-24(27(29(35)33(23)5)30(36)37-7-2)20-10-8-9-11-21(20)28(34)25(22)26/h8-17,32H,6-7H2,1-5H3. The Morgan fingerprint density at radius 3 is 2.24 bits per heavy atom. The summed E-state index contributed by atoms with van der Waals surface area (Å²) in [5.74, 6) is -0.851. The normalized spacial score (nSPS) is 12.4. The fourth-order valence-electron chi connectivity index (χ4n) is 5.03. The van der Waals surface area contributed by atoms with Gasteiger partial charge >= 0.3 is 5.97 Å². The van der Waals surface area contributed by atoms with E-state index in [0.29, 0.717) is 38.8 Å². The molecule has 0 bridgehead atoms. The maximum absolute atomic E-state index is 13.9. The number of nitrogens with zero attached hydrogens (tertiary/aromatic N) is 1. The number of anilines is 2. The van der Waals surface area contributed by atoms with E-state index < -0.39 is 11.5 Å². The number of pyridine rings is 1. The van der Waals surface area contributed by atoms with E-state index in [0.717, 1.165) is 12.1 Å². The van der Waals surface area contributed by atoms with Crippen molar-refractivity contribution in [1.29, 1.82) is 0 Å². The lowest BCUT2D eigenvalue weighted by Gasteiger charge is -2.26. The number of esters is 1. The van der Waals surface area contributed by atoms with Gasteiger partial charge in [0.25, 0.3) is 5.56 Å². The second-order valence-corrected chi connectivity index (χ2v) is 10.0. The molecule has 5 rings (SSSR count). The number of aromatic nitrogens is 1. The van der Waals surface area contributed by atoms with Gasteiger partial charge in [-0.3, -0.25) is 9.59 Å². The van der Waals surface area contributed by atoms with Crippen LogP contribution in [0.1, 0.15) is 66.0 Å². The van der Waals surface area contributed by atoms with Gasteiger partial charge in [-0.05, 0) is 54.2 Å². The molecule has 0 saturated carbocycles. The fraction of sp³-hybridized carbons (Fsp3) is 0.258. The van der Waals surface area contributed by atoms with Crippen LogP contribution in [-0.2, 0) is 17.2 Å². The molecule has 0 saturated heterocycles. The zero-order chi connectivity index (χ0) is 26.5. The van der Waals surface area contributed by atoms with Crippen LogP contribution in [0, 0.1) is 0 Å². The second-order valence-electron chi connectivity index (χ2n) is 10.0. The Hall–Kier alpha value is -4.19. The van der Waals surface area contributed by atoms with E-state index in [1.165, 1.54) is 10.1 Å². The zero-order valence-electron chi connectivity index (χ0n) is 21.8. The summed E-state index contributed by atoms with van der Waals surface area (Å²) >= 11 is 0. The molecule has 37 heavy (non-hydrogen) atoms. The van der Waals surface area contributed by atoms with E-state index in [-0.39, 0.29) is 23.4 Å². The third-order valence-corrected chi connectivity index (χ3v) is 7.54. The molecule has 0 fully saturated rings. The number of ether oxygens (including phenoxy) is 1. The molecule has 1 N–H and O–H groups in total. The average molecular weight is 495 g/mol. The highest BCUT2D eigenvalue weighted by Crippen LogP contribution is 2.43. The van der Waals surface area contributed by atoms with E-state index in [1.807, 2.05) is 24.3 Å². The maximum Gasteiger partial charge on any atom is 0.344 e. The van der Waals surface area contributed by atoms with Crippen molar-refractivity contribution in [3.63, 3.8) is 0 Å². The lowest BCUT2D eigenvalue weighted by Crippen LogP contribution is -2.29. The van der Waals surface area contributed by atoms with Crippen molar-refractivity contribution >= 4 is 34.0 Å². The summed E-state index contributed by atoms with van der Waals surface area (Å²) in [6, 6.07) is 19.0. The van der Waals surface area contributed by atoms with Crippen molar-refractivity contribution in [3.05, 3.63) is 93.3 Å². The summed E-state index contributed by atoms with van der Waals surface area (Å²) in [5.41, 5.74) is 4.73. The first-order chi connectivity index (χ1) is 17.7. The minimum Gasteiger partial charge on any atom is -0.462 e. The number of carbonyl (C=O) groups is 2. The van der Waals surface area contributed by atoms with Crippen LogP contribution in [0.5, 0.6) is 0 Å². The quantitative estimate of drug-likeness (QED) is 0.278. The Balaban J connectivity index is 1.77. The third kappa shape index (κ3) is 3.84. The smallest absolute Gasteiger partial charge is 0.344 e. The van der Waals surface area contributed by atoms with Crippen LogP contribution in [0.15, 0.2) is 65.5 Å². The van der Waals surface area contributed by atoms with Crippen molar-refractivity contribution < 1.29 is 14.3 Å². The number of benzene rings is 3. The third-order valence-electron chi connectivity index (χ3n) is 7.54. The molecule has 1 aliphatic rings. The van der Waals surface area contributed by atoms with Crippen molar-refractivity contribution in [1.82, 2.24) is 4.57 Å². The molecule has 0 radical (unpaired) electrons. The highest BCUT2D eigenvalue weighted by molar-refractivity contribution is 6.29. The van der Waals surface area contributed by atoms with Gasteiger partial charge in [0.1, 0.15) is 5.56 Å². The van der Waals surface area contributed by atoms with Crippen LogP contribution >= 0.6 is 0 Å². The van der Waals surface area contributed by atoms with Gasteiger partial charge in [-0.25, -0.2) is 4.79 Å². The number of nitrogens with one attached hydrogen (secondary N) is 1. The number of ketones is 1. The number of fused-ring (bicyclic) bond motifs is 2. The molecule has 1 aromatic heterocycles. The van der Waals surface area contributed by atoms with Gasteiger partial charge < -0.3 is 14.6 Å². The highest BCUT2D eigenvalue weighted by Gasteiger charge is 2.34. The predicted octanol–water partition coefficient (Wildman–Crippen LogP) is 6.36. The lowest BCUT2D eigenvalue weighted by atomic mass is 9.81. The van der Waals surface area contributed by atoms with Gasteiger partial charge in [0.2, 0.25) is 0 Å². The van der Waals surface area contributed by atoms with Crippen molar-refractivity contribution in [2.75, 3.05) is 11.9 Å². The average Bonchev–Trinajstić information content (AvgIpc) is 2.90. The molecule has 188 valence electrons. The molecule has 0 aliphatic heterocycles. The summed E-state index contributed by atoms with van der Waals surface area (Å²) in [5, 5.41) is 3.99. The molecule has 0 unspecified atom stereocenters. The van der Waals surface area contributed by atoms with Gasteiger partial charge in [-0.2, -0.15) is 0 Å². The SMILES string of the molecule is CCOC(=O)c1c2c3c(c(Nc4ccc(C(C)(C)CC)cc4)ccc3n(C)c1=O)C(=O)c1ccccc1-2. The summed E-state index contributed by atoms with van der Waals surface area (Å²) < 4.78 is 6.70. The van der Waals surface area contributed by atoms with Gasteiger partial charge in [0, 0.05) is 29.2 Å². The van der Waals surface area contributed by atoms with E-state index in [9.17, 15) is 14.4 Å². The largest absolute Gasteiger partial charge is 0.462 e. The van der Waals surface area contributed by atoms with Crippen LogP contribution in [-0.4, -0.2) is 22.9 Å². The molecule has 6 nitrogen and oxygen atoms in total. The minimum absolute atomic E-state index is 0.0543. The van der Waals surface area contributed by atoms with Gasteiger partial charge in [-0.15, -0.1) is 0 Å². The summed E-state index contributed by atoms with van der Waals surface area (Å²) in [4.78, 5) is 40.3. The Morgan fingerprint density at radius 1 is 0.919 bits per heavy atom. The molecular formula is C31H30N2O4. The van der Waals surface area contributed by atoms with Gasteiger partial charge in [0.15, 0.2) is 5.78 Å². The topological polar surface area (TPSA) is 77.4 Å². The molecule has 0 spiro atoms. The van der Waals surface area contributed by atoms with Crippen LogP contribution in [0.25, 0.3) is 22.0 Å². The van der Waals surface area contributed by atoms with E-state index >= 15 is 0 Å². The molecule has 0 amide bonds. The van der Waals surface area contributed by atoms with Crippen molar-refractivity contribution in [2.24, 2.45) is 7.05 Å². The first-order valence-corrected chi connectivity index (χ1v) is 12.6. The second kappa shape index (κ2) is 9.04. The summed E-state index contributed by atoms with van der Waals surface area (Å²) in [7, 11) is 1.61. The number of rotatable bonds is 6. The Kier molecular flexibility index (Phi) is 5.98. The highest BCUT2D eigenvalue weighted by atomic mass is 16.5. The van der Waals surface area contributed by atoms with Crippen molar-refractivity contribution in [3.8, 4) is 11.1 Å². The molecular weight excluding hydrogens is 464 g/mol. The van der Waals surface area contributed by atoms with Crippen LogP contribution in [0.3, 0.4) is 0 Å². The molecule has 3 aromatic carbocycles. The predicted molar refractivity (Wildman–Crippen MR) is 147 cm³/mol. The Bertz CT molecular complexity index is 1630. The number of hydrogen-bond acceptors (Lipinski definition) is 5. The van der Waals surface area contributed by atoms with Crippen LogP contribution in [0.2, 0.25) is 0 Å². The molecule has 1 aliphatic carbocycles. The Labute approximate surface area is 215 Å². The Morgan fingerprint density at radius 2 is 1.59 bits per heavy atom. The molecule has 6 heteroatoms. The van der Waals surface area contributed by atoms with Crippen LogP contribution in [0.4, 0.5) is 11.4 Å².